The monoisotopic (exact) mass is 339 g/mol. The van der Waals surface area contributed by atoms with Crippen LogP contribution in [0.3, 0.4) is 0 Å². The highest BCUT2D eigenvalue weighted by molar-refractivity contribution is 7.80. The summed E-state index contributed by atoms with van der Waals surface area (Å²) in [4.78, 5) is 5.27. The van der Waals surface area contributed by atoms with Crippen molar-refractivity contribution < 1.29 is 9.47 Å². The van der Waals surface area contributed by atoms with Gasteiger partial charge in [0.1, 0.15) is 5.65 Å². The molecule has 0 saturated carbocycles. The Bertz CT molecular complexity index is 964. The lowest BCUT2D eigenvalue weighted by Gasteiger charge is -2.14. The van der Waals surface area contributed by atoms with Gasteiger partial charge in [-0.2, -0.15) is 0 Å². The molecule has 6 heteroatoms. The van der Waals surface area contributed by atoms with Crippen molar-refractivity contribution in [3.8, 4) is 22.8 Å². The van der Waals surface area contributed by atoms with E-state index in [4.69, 9.17) is 32.4 Å². The molecule has 1 unspecified atom stereocenters. The van der Waals surface area contributed by atoms with Crippen molar-refractivity contribution in [3.63, 3.8) is 0 Å². The molecule has 2 N–H and O–H groups in total. The highest BCUT2D eigenvalue weighted by Crippen LogP contribution is 2.38. The lowest BCUT2D eigenvalue weighted by atomic mass is 10.0. The Labute approximate surface area is 145 Å². The first-order valence-electron chi connectivity index (χ1n) is 7.73. The smallest absolute Gasteiger partial charge is 0.231 e. The zero-order valence-electron chi connectivity index (χ0n) is 13.4. The average Bonchev–Trinajstić information content (AvgIpc) is 3.18. The lowest BCUT2D eigenvalue weighted by molar-refractivity contribution is 0.174. The minimum atomic E-state index is -0.100. The van der Waals surface area contributed by atoms with E-state index < -0.39 is 0 Å². The van der Waals surface area contributed by atoms with Gasteiger partial charge in [-0.3, -0.25) is 4.40 Å². The molecule has 0 amide bonds. The van der Waals surface area contributed by atoms with Crippen LogP contribution in [-0.2, 0) is 0 Å². The molecule has 0 spiro atoms. The summed E-state index contributed by atoms with van der Waals surface area (Å²) in [5, 5.41) is 0. The van der Waals surface area contributed by atoms with Gasteiger partial charge in [-0.1, -0.05) is 25.2 Å². The van der Waals surface area contributed by atoms with Crippen molar-refractivity contribution >= 4 is 22.9 Å². The van der Waals surface area contributed by atoms with E-state index in [1.807, 2.05) is 50.2 Å². The first kappa shape index (κ1) is 15.0. The molecule has 3 aromatic rings. The van der Waals surface area contributed by atoms with E-state index in [1.54, 1.807) is 0 Å². The number of imidazole rings is 1. The van der Waals surface area contributed by atoms with Crippen LogP contribution in [0.1, 0.15) is 24.2 Å². The van der Waals surface area contributed by atoms with Crippen LogP contribution >= 0.6 is 12.2 Å². The standard InChI is InChI=1S/C18H17N3O2S/c1-10-4-3-5-15-20-16(17(21(10)15)11(2)18(19)24)12-6-7-13-14(8-12)23-9-22-13/h3-8,11H,9H2,1-2H3,(H2,19,24). The summed E-state index contributed by atoms with van der Waals surface area (Å²) in [6, 6.07) is 11.9. The van der Waals surface area contributed by atoms with E-state index in [0.29, 0.717) is 4.99 Å². The Hall–Kier alpha value is -2.60. The van der Waals surface area contributed by atoms with Gasteiger partial charge in [-0.25, -0.2) is 4.98 Å². The molecule has 1 aliphatic rings. The number of pyridine rings is 1. The van der Waals surface area contributed by atoms with Gasteiger partial charge in [0.05, 0.1) is 16.4 Å². The van der Waals surface area contributed by atoms with Crippen LogP contribution in [0.2, 0.25) is 0 Å². The van der Waals surface area contributed by atoms with Crippen molar-refractivity contribution in [1.29, 1.82) is 0 Å². The zero-order valence-corrected chi connectivity index (χ0v) is 14.3. The van der Waals surface area contributed by atoms with Gasteiger partial charge in [0.25, 0.3) is 0 Å². The quantitative estimate of drug-likeness (QED) is 0.741. The first-order chi connectivity index (χ1) is 11.6. The van der Waals surface area contributed by atoms with E-state index >= 15 is 0 Å². The zero-order chi connectivity index (χ0) is 16.8. The maximum Gasteiger partial charge on any atom is 0.231 e. The summed E-state index contributed by atoms with van der Waals surface area (Å²) in [6.07, 6.45) is 0. The number of aryl methyl sites for hydroxylation is 1. The van der Waals surface area contributed by atoms with Crippen LogP contribution in [0.5, 0.6) is 11.5 Å². The Morgan fingerprint density at radius 2 is 2.04 bits per heavy atom. The van der Waals surface area contributed by atoms with Gasteiger partial charge in [0.2, 0.25) is 6.79 Å². The van der Waals surface area contributed by atoms with Crippen molar-refractivity contribution in [1.82, 2.24) is 9.38 Å². The second-order valence-electron chi connectivity index (χ2n) is 5.90. The summed E-state index contributed by atoms with van der Waals surface area (Å²) >= 11 is 5.25. The summed E-state index contributed by atoms with van der Waals surface area (Å²) in [7, 11) is 0. The number of thiocarbonyl (C=S) groups is 1. The van der Waals surface area contributed by atoms with Crippen LogP contribution in [0.25, 0.3) is 16.9 Å². The maximum atomic E-state index is 5.95. The molecule has 0 radical (unpaired) electrons. The lowest BCUT2D eigenvalue weighted by Crippen LogP contribution is -2.19. The molecule has 1 aliphatic heterocycles. The highest BCUT2D eigenvalue weighted by Gasteiger charge is 2.23. The number of rotatable bonds is 3. The third-order valence-electron chi connectivity index (χ3n) is 4.36. The van der Waals surface area contributed by atoms with Gasteiger partial charge < -0.3 is 15.2 Å². The van der Waals surface area contributed by atoms with Crippen LogP contribution < -0.4 is 15.2 Å². The molecule has 24 heavy (non-hydrogen) atoms. The molecule has 122 valence electrons. The molecule has 4 rings (SSSR count). The molecular weight excluding hydrogens is 322 g/mol. The fourth-order valence-electron chi connectivity index (χ4n) is 3.07. The predicted molar refractivity (Wildman–Crippen MR) is 96.7 cm³/mol. The molecule has 1 aromatic carbocycles. The first-order valence-corrected chi connectivity index (χ1v) is 8.14. The highest BCUT2D eigenvalue weighted by atomic mass is 32.1. The second-order valence-corrected chi connectivity index (χ2v) is 6.37. The average molecular weight is 339 g/mol. The summed E-state index contributed by atoms with van der Waals surface area (Å²) < 4.78 is 13.0. The van der Waals surface area contributed by atoms with Gasteiger partial charge in [0, 0.05) is 17.2 Å². The number of hydrogen-bond acceptors (Lipinski definition) is 4. The Balaban J connectivity index is 1.99. The molecule has 0 aliphatic carbocycles. The van der Waals surface area contributed by atoms with Crippen LogP contribution in [0.4, 0.5) is 0 Å². The summed E-state index contributed by atoms with van der Waals surface area (Å²) in [5.41, 5.74) is 10.7. The number of ether oxygens (including phenoxy) is 2. The molecular formula is C18H17N3O2S. The molecule has 0 bridgehead atoms. The topological polar surface area (TPSA) is 61.8 Å². The number of benzene rings is 1. The van der Waals surface area contributed by atoms with E-state index in [2.05, 4.69) is 4.40 Å². The van der Waals surface area contributed by atoms with Crippen molar-refractivity contribution in [3.05, 3.63) is 47.8 Å². The van der Waals surface area contributed by atoms with Gasteiger partial charge in [0.15, 0.2) is 11.5 Å². The van der Waals surface area contributed by atoms with E-state index in [1.165, 1.54) is 0 Å². The summed E-state index contributed by atoms with van der Waals surface area (Å²) in [6.45, 7) is 4.31. The van der Waals surface area contributed by atoms with Crippen LogP contribution in [-0.4, -0.2) is 21.2 Å². The molecule has 3 heterocycles. The number of nitrogens with two attached hydrogens (primary N) is 1. The number of fused-ring (bicyclic) bond motifs is 2. The van der Waals surface area contributed by atoms with Gasteiger partial charge in [-0.15, -0.1) is 0 Å². The van der Waals surface area contributed by atoms with Crippen LogP contribution in [0.15, 0.2) is 36.4 Å². The summed E-state index contributed by atoms with van der Waals surface area (Å²) in [5.74, 6) is 1.38. The van der Waals surface area contributed by atoms with Crippen molar-refractivity contribution in [2.75, 3.05) is 6.79 Å². The predicted octanol–water partition coefficient (Wildman–Crippen LogP) is 3.43. The molecule has 1 atom stereocenters. The van der Waals surface area contributed by atoms with Crippen LogP contribution in [0, 0.1) is 6.92 Å². The molecule has 2 aromatic heterocycles. The SMILES string of the molecule is Cc1cccc2nc(-c3ccc4c(c3)OCO4)c(C(C)C(N)=S)n12. The van der Waals surface area contributed by atoms with E-state index in [-0.39, 0.29) is 12.7 Å². The fourth-order valence-corrected chi connectivity index (χ4v) is 3.18. The fraction of sp³-hybridized carbons (Fsp3) is 0.222. The van der Waals surface area contributed by atoms with Gasteiger partial charge in [-0.05, 0) is 37.3 Å². The van der Waals surface area contributed by atoms with Gasteiger partial charge >= 0.3 is 0 Å². The number of hydrogen-bond donors (Lipinski definition) is 1. The number of aromatic nitrogens is 2. The minimum Gasteiger partial charge on any atom is -0.454 e. The second kappa shape index (κ2) is 5.49. The maximum absolute atomic E-state index is 5.95. The molecule has 5 nitrogen and oxygen atoms in total. The Morgan fingerprint density at radius 1 is 1.25 bits per heavy atom. The normalized spacial score (nSPS) is 14.1. The van der Waals surface area contributed by atoms with Crippen molar-refractivity contribution in [2.45, 2.75) is 19.8 Å². The third kappa shape index (κ3) is 2.22. The molecule has 0 saturated heterocycles. The Kier molecular flexibility index (Phi) is 3.42. The van der Waals surface area contributed by atoms with E-state index in [9.17, 15) is 0 Å². The Morgan fingerprint density at radius 3 is 2.83 bits per heavy atom. The third-order valence-corrected chi connectivity index (χ3v) is 4.71. The van der Waals surface area contributed by atoms with E-state index in [0.717, 1.165) is 39.8 Å². The van der Waals surface area contributed by atoms with Crippen molar-refractivity contribution in [2.24, 2.45) is 5.73 Å². The largest absolute Gasteiger partial charge is 0.454 e. The minimum absolute atomic E-state index is 0.100. The number of nitrogens with zero attached hydrogens (tertiary/aromatic N) is 2. The molecule has 0 fully saturated rings.